The van der Waals surface area contributed by atoms with Gasteiger partial charge in [-0.25, -0.2) is 0 Å². The van der Waals surface area contributed by atoms with Gasteiger partial charge in [-0.15, -0.1) is 0 Å². The second kappa shape index (κ2) is 11.4. The normalized spacial score (nSPS) is 13.3. The molecule has 0 spiro atoms. The minimum Gasteiger partial charge on any atom is -0.497 e. The Balaban J connectivity index is 1.27. The molecule has 0 radical (unpaired) electrons. The molecule has 36 heavy (non-hydrogen) atoms. The molecule has 1 aliphatic heterocycles. The Bertz CT molecular complexity index is 1200. The molecule has 3 aromatic carbocycles. The minimum absolute atomic E-state index is 0.0275. The molecule has 4 rings (SSSR count). The topological polar surface area (TPSA) is 71.1 Å². The van der Waals surface area contributed by atoms with Gasteiger partial charge in [-0.3, -0.25) is 9.59 Å². The molecule has 0 aromatic heterocycles. The minimum atomic E-state index is -0.260. The van der Waals surface area contributed by atoms with Gasteiger partial charge in [0.05, 0.1) is 12.1 Å². The summed E-state index contributed by atoms with van der Waals surface area (Å²) in [5, 5.41) is 3.35. The molecule has 0 unspecified atom stereocenters. The van der Waals surface area contributed by atoms with E-state index in [1.807, 2.05) is 55.1 Å². The van der Waals surface area contributed by atoms with E-state index in [4.69, 9.17) is 21.1 Å². The van der Waals surface area contributed by atoms with Crippen LogP contribution in [-0.2, 0) is 4.79 Å². The lowest BCUT2D eigenvalue weighted by molar-refractivity contribution is -0.118. The first-order valence-corrected chi connectivity index (χ1v) is 12.2. The first-order valence-electron chi connectivity index (χ1n) is 11.8. The van der Waals surface area contributed by atoms with Crippen molar-refractivity contribution in [1.29, 1.82) is 0 Å². The summed E-state index contributed by atoms with van der Waals surface area (Å²) in [7, 11) is 1.61. The van der Waals surface area contributed by atoms with Crippen molar-refractivity contribution in [3.63, 3.8) is 0 Å². The van der Waals surface area contributed by atoms with Gasteiger partial charge in [-0.1, -0.05) is 17.7 Å². The smallest absolute Gasteiger partial charge is 0.262 e. The Labute approximate surface area is 216 Å². The van der Waals surface area contributed by atoms with Crippen molar-refractivity contribution < 1.29 is 19.1 Å². The number of carbonyl (C=O) groups excluding carboxylic acids is 2. The van der Waals surface area contributed by atoms with Gasteiger partial charge in [0.1, 0.15) is 11.5 Å². The highest BCUT2D eigenvalue weighted by molar-refractivity contribution is 6.32. The first kappa shape index (κ1) is 25.4. The second-order valence-corrected chi connectivity index (χ2v) is 9.19. The van der Waals surface area contributed by atoms with E-state index in [-0.39, 0.29) is 18.4 Å². The maximum atomic E-state index is 12.8. The molecule has 7 nitrogen and oxygen atoms in total. The molecule has 0 aliphatic carbocycles. The Morgan fingerprint density at radius 1 is 0.944 bits per heavy atom. The summed E-state index contributed by atoms with van der Waals surface area (Å²) in [4.78, 5) is 29.3. The number of piperazine rings is 1. The van der Waals surface area contributed by atoms with Crippen LogP contribution >= 0.6 is 11.6 Å². The molecule has 2 amide bonds. The van der Waals surface area contributed by atoms with Crippen LogP contribution in [-0.4, -0.2) is 56.6 Å². The van der Waals surface area contributed by atoms with E-state index in [9.17, 15) is 9.59 Å². The molecular weight excluding hydrogens is 478 g/mol. The van der Waals surface area contributed by atoms with Crippen LogP contribution < -0.4 is 19.7 Å². The largest absolute Gasteiger partial charge is 0.497 e. The molecule has 0 saturated carbocycles. The van der Waals surface area contributed by atoms with Gasteiger partial charge in [-0.2, -0.15) is 0 Å². The van der Waals surface area contributed by atoms with Gasteiger partial charge in [0.2, 0.25) is 0 Å². The Kier molecular flexibility index (Phi) is 8.00. The van der Waals surface area contributed by atoms with E-state index < -0.39 is 0 Å². The van der Waals surface area contributed by atoms with E-state index in [0.29, 0.717) is 35.1 Å². The number of benzene rings is 3. The molecule has 1 N–H and O–H groups in total. The third kappa shape index (κ3) is 6.10. The number of nitrogens with one attached hydrogen (secondary N) is 1. The third-order valence-corrected chi connectivity index (χ3v) is 6.42. The van der Waals surface area contributed by atoms with E-state index in [0.717, 1.165) is 35.7 Å². The molecule has 1 saturated heterocycles. The fourth-order valence-corrected chi connectivity index (χ4v) is 4.64. The Morgan fingerprint density at radius 3 is 2.22 bits per heavy atom. The van der Waals surface area contributed by atoms with Crippen molar-refractivity contribution in [2.45, 2.75) is 13.8 Å². The summed E-state index contributed by atoms with van der Waals surface area (Å²) in [5.41, 5.74) is 4.32. The van der Waals surface area contributed by atoms with Crippen molar-refractivity contribution in [2.24, 2.45) is 0 Å². The Hall–Kier alpha value is -3.71. The van der Waals surface area contributed by atoms with E-state index in [1.165, 1.54) is 0 Å². The predicted molar refractivity (Wildman–Crippen MR) is 143 cm³/mol. The molecule has 1 fully saturated rings. The number of aryl methyl sites for hydroxylation is 2. The van der Waals surface area contributed by atoms with Crippen LogP contribution in [0, 0.1) is 13.8 Å². The van der Waals surface area contributed by atoms with Gasteiger partial charge in [0.25, 0.3) is 11.8 Å². The van der Waals surface area contributed by atoms with Gasteiger partial charge < -0.3 is 24.6 Å². The highest BCUT2D eigenvalue weighted by Crippen LogP contribution is 2.29. The van der Waals surface area contributed by atoms with Gasteiger partial charge in [0.15, 0.2) is 6.61 Å². The summed E-state index contributed by atoms with van der Waals surface area (Å²) < 4.78 is 10.8. The summed E-state index contributed by atoms with van der Waals surface area (Å²) in [6, 6.07) is 18.6. The van der Waals surface area contributed by atoms with Crippen molar-refractivity contribution in [3.8, 4) is 11.5 Å². The van der Waals surface area contributed by atoms with Crippen molar-refractivity contribution >= 4 is 34.8 Å². The molecular formula is C28H30ClN3O4. The quantitative estimate of drug-likeness (QED) is 0.490. The van der Waals surface area contributed by atoms with Crippen LogP contribution in [0.2, 0.25) is 5.02 Å². The molecule has 8 heteroatoms. The third-order valence-electron chi connectivity index (χ3n) is 6.14. The van der Waals surface area contributed by atoms with Gasteiger partial charge >= 0.3 is 0 Å². The summed E-state index contributed by atoms with van der Waals surface area (Å²) >= 11 is 6.25. The lowest BCUT2D eigenvalue weighted by atomic mass is 10.1. The number of halogens is 1. The number of anilines is 2. The summed E-state index contributed by atoms with van der Waals surface area (Å²) in [5.74, 6) is 1.02. The zero-order valence-corrected chi connectivity index (χ0v) is 21.5. The number of amides is 2. The fourth-order valence-electron chi connectivity index (χ4n) is 4.26. The number of ether oxygens (including phenoxy) is 2. The van der Waals surface area contributed by atoms with Crippen LogP contribution in [0.4, 0.5) is 11.4 Å². The van der Waals surface area contributed by atoms with Crippen molar-refractivity contribution in [3.05, 3.63) is 82.4 Å². The molecule has 188 valence electrons. The molecule has 1 heterocycles. The lowest BCUT2D eigenvalue weighted by Crippen LogP contribution is -2.48. The van der Waals surface area contributed by atoms with Crippen molar-refractivity contribution in [1.82, 2.24) is 4.90 Å². The second-order valence-electron chi connectivity index (χ2n) is 8.78. The number of carbonyl (C=O) groups is 2. The molecule has 0 bridgehead atoms. The summed E-state index contributed by atoms with van der Waals surface area (Å²) in [6.07, 6.45) is 0. The molecule has 1 aliphatic rings. The zero-order valence-electron chi connectivity index (χ0n) is 20.7. The van der Waals surface area contributed by atoms with Crippen LogP contribution in [0.5, 0.6) is 11.5 Å². The first-order chi connectivity index (χ1) is 17.3. The Morgan fingerprint density at radius 2 is 1.61 bits per heavy atom. The highest BCUT2D eigenvalue weighted by atomic mass is 35.5. The zero-order chi connectivity index (χ0) is 25.7. The fraction of sp³-hybridized carbons (Fsp3) is 0.286. The molecule has 3 aromatic rings. The van der Waals surface area contributed by atoms with E-state index in [2.05, 4.69) is 10.2 Å². The van der Waals surface area contributed by atoms with Gasteiger partial charge in [0, 0.05) is 43.1 Å². The van der Waals surface area contributed by atoms with Crippen LogP contribution in [0.1, 0.15) is 21.5 Å². The maximum Gasteiger partial charge on any atom is 0.262 e. The van der Waals surface area contributed by atoms with Crippen LogP contribution in [0.3, 0.4) is 0 Å². The van der Waals surface area contributed by atoms with Crippen LogP contribution in [0.25, 0.3) is 0 Å². The number of rotatable bonds is 7. The van der Waals surface area contributed by atoms with Crippen molar-refractivity contribution in [2.75, 3.05) is 50.1 Å². The number of hydrogen-bond acceptors (Lipinski definition) is 5. The average molecular weight is 508 g/mol. The number of hydrogen-bond donors (Lipinski definition) is 1. The number of methoxy groups -OCH3 is 1. The molecule has 0 atom stereocenters. The monoisotopic (exact) mass is 507 g/mol. The van der Waals surface area contributed by atoms with E-state index in [1.54, 1.807) is 31.4 Å². The van der Waals surface area contributed by atoms with Gasteiger partial charge in [-0.05, 0) is 79.6 Å². The predicted octanol–water partition coefficient (Wildman–Crippen LogP) is 4.95. The average Bonchev–Trinajstić information content (AvgIpc) is 2.88. The van der Waals surface area contributed by atoms with Crippen LogP contribution in [0.15, 0.2) is 60.7 Å². The number of nitrogens with zero attached hydrogens (tertiary/aromatic N) is 2. The standard InChI is InChI=1S/C28H30ClN3O4/c1-19-16-20(2)27(25(29)17-19)36-18-26(33)30-22-6-8-23(9-7-22)31-12-14-32(15-13-31)28(34)21-4-10-24(35-3)11-5-21/h4-11,16-17H,12-15,18H2,1-3H3,(H,30,33). The maximum absolute atomic E-state index is 12.8. The lowest BCUT2D eigenvalue weighted by Gasteiger charge is -2.36. The van der Waals surface area contributed by atoms with E-state index >= 15 is 0 Å². The SMILES string of the molecule is COc1ccc(C(=O)N2CCN(c3ccc(NC(=O)COc4c(C)cc(C)cc4Cl)cc3)CC2)cc1. The summed E-state index contributed by atoms with van der Waals surface area (Å²) in [6.45, 7) is 6.48. The highest BCUT2D eigenvalue weighted by Gasteiger charge is 2.22.